The number of nitrogens with zero attached hydrogens (tertiary/aromatic N) is 3. The van der Waals surface area contributed by atoms with Gasteiger partial charge in [-0.3, -0.25) is 14.8 Å². The van der Waals surface area contributed by atoms with Crippen molar-refractivity contribution < 1.29 is 19.4 Å². The van der Waals surface area contributed by atoms with Crippen LogP contribution in [0.4, 0.5) is 4.79 Å². The third-order valence-electron chi connectivity index (χ3n) is 6.88. The van der Waals surface area contributed by atoms with Gasteiger partial charge in [-0.05, 0) is 41.0 Å². The molecule has 0 bridgehead atoms. The SMILES string of the molecule is COc1ccc2cn(C[C@@]3(c4ccc(-c5ccc6cnn(C)c6c5)cc4)NC(=O)NC3=O)c(O)c2c1. The van der Waals surface area contributed by atoms with Crippen molar-refractivity contribution in [1.82, 2.24) is 25.0 Å². The third-order valence-corrected chi connectivity index (χ3v) is 6.88. The molecule has 9 nitrogen and oxygen atoms in total. The van der Waals surface area contributed by atoms with Crippen LogP contribution in [0, 0.1) is 0 Å². The summed E-state index contributed by atoms with van der Waals surface area (Å²) in [5, 5.41) is 22.8. The fraction of sp³-hybridized carbons (Fsp3) is 0.148. The number of hydrogen-bond donors (Lipinski definition) is 3. The van der Waals surface area contributed by atoms with E-state index >= 15 is 0 Å². The molecule has 3 heterocycles. The van der Waals surface area contributed by atoms with Crippen molar-refractivity contribution in [2.75, 3.05) is 7.11 Å². The number of hydrogen-bond acceptors (Lipinski definition) is 5. The van der Waals surface area contributed by atoms with Gasteiger partial charge < -0.3 is 19.7 Å². The van der Waals surface area contributed by atoms with Gasteiger partial charge in [0, 0.05) is 29.4 Å². The summed E-state index contributed by atoms with van der Waals surface area (Å²) in [5.41, 5.74) is 2.20. The predicted octanol–water partition coefficient (Wildman–Crippen LogP) is 3.64. The van der Waals surface area contributed by atoms with E-state index in [0.29, 0.717) is 16.7 Å². The molecule has 0 unspecified atom stereocenters. The smallest absolute Gasteiger partial charge is 0.322 e. The van der Waals surface area contributed by atoms with E-state index in [2.05, 4.69) is 21.8 Å². The molecule has 0 spiro atoms. The van der Waals surface area contributed by atoms with Crippen molar-refractivity contribution in [3.8, 4) is 22.8 Å². The molecule has 3 amide bonds. The third kappa shape index (κ3) is 3.28. The second-order valence-corrected chi connectivity index (χ2v) is 8.97. The molecule has 2 aromatic heterocycles. The quantitative estimate of drug-likeness (QED) is 0.332. The largest absolute Gasteiger partial charge is 0.497 e. The molecule has 1 fully saturated rings. The minimum Gasteiger partial charge on any atom is -0.497 e. The normalized spacial score (nSPS) is 17.5. The Balaban J connectivity index is 1.40. The first kappa shape index (κ1) is 21.7. The van der Waals surface area contributed by atoms with Gasteiger partial charge in [0.25, 0.3) is 5.91 Å². The highest BCUT2D eigenvalue weighted by molar-refractivity contribution is 6.07. The van der Waals surface area contributed by atoms with Crippen molar-refractivity contribution in [2.45, 2.75) is 12.1 Å². The van der Waals surface area contributed by atoms with E-state index < -0.39 is 17.5 Å². The maximum atomic E-state index is 13.1. The maximum Gasteiger partial charge on any atom is 0.322 e. The van der Waals surface area contributed by atoms with Crippen LogP contribution in [0.1, 0.15) is 5.56 Å². The number of aryl methyl sites for hydroxylation is 1. The summed E-state index contributed by atoms with van der Waals surface area (Å²) in [7, 11) is 3.46. The van der Waals surface area contributed by atoms with E-state index in [1.165, 1.54) is 0 Å². The van der Waals surface area contributed by atoms with E-state index in [1.54, 1.807) is 30.0 Å². The molecule has 9 heteroatoms. The number of carbonyl (C=O) groups is 2. The fourth-order valence-corrected chi connectivity index (χ4v) is 4.90. The number of amides is 3. The highest BCUT2D eigenvalue weighted by Gasteiger charge is 2.48. The molecule has 0 aliphatic carbocycles. The van der Waals surface area contributed by atoms with Crippen LogP contribution >= 0.6 is 0 Å². The lowest BCUT2D eigenvalue weighted by molar-refractivity contribution is -0.124. The first-order chi connectivity index (χ1) is 17.4. The van der Waals surface area contributed by atoms with E-state index in [4.69, 9.17) is 4.74 Å². The van der Waals surface area contributed by atoms with Crippen molar-refractivity contribution in [3.05, 3.63) is 78.6 Å². The zero-order valence-corrected chi connectivity index (χ0v) is 19.6. The summed E-state index contributed by atoms with van der Waals surface area (Å²) in [6, 6.07) is 18.4. The van der Waals surface area contributed by atoms with Crippen LogP contribution in [0.2, 0.25) is 0 Å². The zero-order valence-electron chi connectivity index (χ0n) is 19.6. The van der Waals surface area contributed by atoms with Gasteiger partial charge in [0.05, 0.1) is 25.4 Å². The molecule has 180 valence electrons. The minimum absolute atomic E-state index is 0.00767. The van der Waals surface area contributed by atoms with Gasteiger partial charge in [0.2, 0.25) is 0 Å². The van der Waals surface area contributed by atoms with Gasteiger partial charge in [0.15, 0.2) is 11.4 Å². The molecular weight excluding hydrogens is 458 g/mol. The Labute approximate surface area is 205 Å². The molecular formula is C27H23N5O4. The maximum absolute atomic E-state index is 13.1. The monoisotopic (exact) mass is 481 g/mol. The van der Waals surface area contributed by atoms with Gasteiger partial charge in [-0.2, -0.15) is 5.10 Å². The topological polar surface area (TPSA) is 110 Å². The van der Waals surface area contributed by atoms with Crippen LogP contribution in [0.5, 0.6) is 11.6 Å². The Morgan fingerprint density at radius 3 is 2.47 bits per heavy atom. The van der Waals surface area contributed by atoms with Crippen LogP contribution in [-0.2, 0) is 23.9 Å². The first-order valence-electron chi connectivity index (χ1n) is 11.4. The molecule has 3 N–H and O–H groups in total. The minimum atomic E-state index is -1.39. The van der Waals surface area contributed by atoms with E-state index in [1.807, 2.05) is 60.4 Å². The Hall–Kier alpha value is -4.79. The molecule has 5 aromatic rings. The lowest BCUT2D eigenvalue weighted by Crippen LogP contribution is -2.47. The van der Waals surface area contributed by atoms with Gasteiger partial charge in [0.1, 0.15) is 5.75 Å². The number of urea groups is 1. The summed E-state index contributed by atoms with van der Waals surface area (Å²) >= 11 is 0. The molecule has 3 aromatic carbocycles. The lowest BCUT2D eigenvalue weighted by Gasteiger charge is -2.27. The number of nitrogens with one attached hydrogen (secondary N) is 2. The van der Waals surface area contributed by atoms with E-state index in [9.17, 15) is 14.7 Å². The summed E-state index contributed by atoms with van der Waals surface area (Å²) in [6.45, 7) is 0.00767. The average molecular weight is 482 g/mol. The lowest BCUT2D eigenvalue weighted by atomic mass is 9.88. The second kappa shape index (κ2) is 7.88. The summed E-state index contributed by atoms with van der Waals surface area (Å²) in [4.78, 5) is 25.4. The van der Waals surface area contributed by atoms with E-state index in [-0.39, 0.29) is 12.4 Å². The summed E-state index contributed by atoms with van der Waals surface area (Å²) in [6.07, 6.45) is 3.57. The molecule has 0 saturated carbocycles. The first-order valence-corrected chi connectivity index (χ1v) is 11.4. The summed E-state index contributed by atoms with van der Waals surface area (Å²) < 4.78 is 8.66. The molecule has 1 atom stereocenters. The fourth-order valence-electron chi connectivity index (χ4n) is 4.90. The molecule has 1 aliphatic heterocycles. The molecule has 36 heavy (non-hydrogen) atoms. The molecule has 1 saturated heterocycles. The predicted molar refractivity (Wildman–Crippen MR) is 135 cm³/mol. The van der Waals surface area contributed by atoms with Crippen LogP contribution in [0.3, 0.4) is 0 Å². The standard InChI is InChI=1S/C27H23N5O4/c1-31-23-11-17(3-4-18(23)13-28-31)16-5-8-20(9-6-16)27(25(34)29-26(35)30-27)15-32-14-19-7-10-21(36-2)12-22(19)24(32)33/h3-14,33H,15H2,1-2H3,(H2,29,30,34,35)/t27-/m0/s1. The number of imide groups is 1. The van der Waals surface area contributed by atoms with Crippen molar-refractivity contribution in [3.63, 3.8) is 0 Å². The number of fused-ring (bicyclic) bond motifs is 2. The second-order valence-electron chi connectivity index (χ2n) is 8.97. The Bertz CT molecular complexity index is 1670. The Kier molecular flexibility index (Phi) is 4.75. The van der Waals surface area contributed by atoms with Crippen molar-refractivity contribution in [1.29, 1.82) is 0 Å². The van der Waals surface area contributed by atoms with Gasteiger partial charge in [-0.25, -0.2) is 4.79 Å². The van der Waals surface area contributed by atoms with Crippen molar-refractivity contribution in [2.24, 2.45) is 7.05 Å². The molecule has 6 rings (SSSR count). The van der Waals surface area contributed by atoms with Gasteiger partial charge in [-0.15, -0.1) is 0 Å². The number of benzene rings is 3. The van der Waals surface area contributed by atoms with Crippen LogP contribution in [-0.4, -0.2) is 38.5 Å². The number of ether oxygens (including phenoxy) is 1. The Morgan fingerprint density at radius 2 is 1.75 bits per heavy atom. The molecule has 1 aliphatic rings. The van der Waals surface area contributed by atoms with Crippen LogP contribution < -0.4 is 15.4 Å². The zero-order chi connectivity index (χ0) is 25.0. The number of carbonyl (C=O) groups excluding carboxylic acids is 2. The van der Waals surface area contributed by atoms with Crippen molar-refractivity contribution >= 4 is 33.6 Å². The number of methoxy groups -OCH3 is 1. The van der Waals surface area contributed by atoms with Gasteiger partial charge in [-0.1, -0.05) is 36.4 Å². The molecule has 0 radical (unpaired) electrons. The highest BCUT2D eigenvalue weighted by Crippen LogP contribution is 2.35. The van der Waals surface area contributed by atoms with E-state index in [0.717, 1.165) is 27.4 Å². The summed E-state index contributed by atoms with van der Waals surface area (Å²) in [5.74, 6) is 0.113. The number of rotatable bonds is 5. The van der Waals surface area contributed by atoms with Crippen LogP contribution in [0.15, 0.2) is 73.1 Å². The highest BCUT2D eigenvalue weighted by atomic mass is 16.5. The van der Waals surface area contributed by atoms with Crippen LogP contribution in [0.25, 0.3) is 32.8 Å². The Morgan fingerprint density at radius 1 is 1.00 bits per heavy atom. The number of aromatic hydroxyl groups is 1. The van der Waals surface area contributed by atoms with Gasteiger partial charge >= 0.3 is 6.03 Å². The average Bonchev–Trinajstić information content (AvgIpc) is 3.51. The number of aromatic nitrogens is 3.